The molecule has 4 heteroatoms. The van der Waals surface area contributed by atoms with Crippen LogP contribution in [0.4, 0.5) is 5.82 Å². The highest BCUT2D eigenvalue weighted by atomic mass is 15.1. The van der Waals surface area contributed by atoms with Crippen molar-refractivity contribution in [2.75, 3.05) is 5.32 Å². The average molecular weight is 236 g/mol. The van der Waals surface area contributed by atoms with Gasteiger partial charge in [0.1, 0.15) is 5.82 Å². The smallest absolute Gasteiger partial charge is 0.144 e. The molecule has 0 radical (unpaired) electrons. The van der Waals surface area contributed by atoms with Crippen molar-refractivity contribution in [2.24, 2.45) is 0 Å². The summed E-state index contributed by atoms with van der Waals surface area (Å²) in [4.78, 5) is 8.73. The minimum atomic E-state index is 0.0137. The van der Waals surface area contributed by atoms with Gasteiger partial charge in [-0.2, -0.15) is 0 Å². The molecule has 0 aliphatic heterocycles. The molecule has 1 aromatic heterocycles. The molecule has 1 heterocycles. The molecule has 1 aromatic rings. The summed E-state index contributed by atoms with van der Waals surface area (Å²) in [5.74, 6) is 0.817. The van der Waals surface area contributed by atoms with Crippen molar-refractivity contribution in [3.8, 4) is 0 Å². The Hall–Kier alpha value is -1.16. The lowest BCUT2D eigenvalue weighted by Gasteiger charge is -2.22. The van der Waals surface area contributed by atoms with Gasteiger partial charge in [0.2, 0.25) is 0 Å². The zero-order valence-electron chi connectivity index (χ0n) is 11.8. The third-order valence-electron chi connectivity index (χ3n) is 2.01. The average Bonchev–Trinajstić information content (AvgIpc) is 2.13. The van der Waals surface area contributed by atoms with Crippen LogP contribution >= 0.6 is 0 Å². The summed E-state index contributed by atoms with van der Waals surface area (Å²) in [6.45, 7) is 13.4. The Morgan fingerprint density at radius 3 is 2.00 bits per heavy atom. The quantitative estimate of drug-likeness (QED) is 0.847. The van der Waals surface area contributed by atoms with E-state index in [0.29, 0.717) is 0 Å². The lowest BCUT2D eigenvalue weighted by Crippen LogP contribution is -2.35. The van der Waals surface area contributed by atoms with Crippen LogP contribution in [-0.2, 0) is 6.54 Å². The predicted molar refractivity (Wildman–Crippen MR) is 72.0 cm³/mol. The highest BCUT2D eigenvalue weighted by Gasteiger charge is 2.11. The molecule has 1 rings (SSSR count). The minimum Gasteiger partial charge on any atom is -0.364 e. The van der Waals surface area contributed by atoms with E-state index in [0.717, 1.165) is 18.1 Å². The fourth-order valence-corrected chi connectivity index (χ4v) is 1.25. The van der Waals surface area contributed by atoms with Gasteiger partial charge in [-0.1, -0.05) is 0 Å². The molecule has 0 spiro atoms. The molecule has 4 nitrogen and oxygen atoms in total. The van der Waals surface area contributed by atoms with Crippen LogP contribution in [0.25, 0.3) is 0 Å². The molecule has 96 valence electrons. The summed E-state index contributed by atoms with van der Waals surface area (Å²) in [6, 6.07) is 0. The summed E-state index contributed by atoms with van der Waals surface area (Å²) in [5, 5.41) is 6.67. The molecule has 0 unspecified atom stereocenters. The van der Waals surface area contributed by atoms with Gasteiger partial charge >= 0.3 is 0 Å². The largest absolute Gasteiger partial charge is 0.364 e. The first-order chi connectivity index (χ1) is 7.66. The molecule has 0 saturated heterocycles. The Balaban J connectivity index is 2.56. The van der Waals surface area contributed by atoms with Gasteiger partial charge in [-0.25, -0.2) is 4.98 Å². The van der Waals surface area contributed by atoms with Gasteiger partial charge in [0.05, 0.1) is 18.1 Å². The van der Waals surface area contributed by atoms with Crippen molar-refractivity contribution in [3.05, 3.63) is 18.1 Å². The van der Waals surface area contributed by atoms with Crippen molar-refractivity contribution < 1.29 is 0 Å². The van der Waals surface area contributed by atoms with Crippen LogP contribution in [-0.4, -0.2) is 21.0 Å². The normalized spacial score (nSPS) is 12.6. The first kappa shape index (κ1) is 13.9. The Kier molecular flexibility index (Phi) is 4.09. The summed E-state index contributed by atoms with van der Waals surface area (Å²) in [5.41, 5.74) is 1.07. The van der Waals surface area contributed by atoms with Crippen molar-refractivity contribution in [2.45, 2.75) is 59.2 Å². The third kappa shape index (κ3) is 6.22. The van der Waals surface area contributed by atoms with Gasteiger partial charge in [0.15, 0.2) is 0 Å². The van der Waals surface area contributed by atoms with Crippen LogP contribution in [0.5, 0.6) is 0 Å². The van der Waals surface area contributed by atoms with E-state index in [4.69, 9.17) is 0 Å². The van der Waals surface area contributed by atoms with E-state index in [1.807, 2.05) is 6.20 Å². The van der Waals surface area contributed by atoms with Crippen LogP contribution in [0.15, 0.2) is 12.4 Å². The van der Waals surface area contributed by atoms with E-state index in [9.17, 15) is 0 Å². The summed E-state index contributed by atoms with van der Waals surface area (Å²) >= 11 is 0. The zero-order valence-corrected chi connectivity index (χ0v) is 11.8. The summed E-state index contributed by atoms with van der Waals surface area (Å²) in [7, 11) is 0. The number of nitrogens with one attached hydrogen (secondary N) is 2. The fourth-order valence-electron chi connectivity index (χ4n) is 1.25. The maximum absolute atomic E-state index is 4.38. The molecule has 0 aromatic carbocycles. The van der Waals surface area contributed by atoms with Crippen molar-refractivity contribution in [1.82, 2.24) is 15.3 Å². The first-order valence-corrected chi connectivity index (χ1v) is 6.00. The van der Waals surface area contributed by atoms with Gasteiger partial charge in [0, 0.05) is 17.6 Å². The van der Waals surface area contributed by atoms with E-state index in [1.165, 1.54) is 0 Å². The number of anilines is 1. The molecular formula is C13H24N4. The highest BCUT2D eigenvalue weighted by Crippen LogP contribution is 2.10. The number of nitrogens with zero attached hydrogens (tertiary/aromatic N) is 2. The Morgan fingerprint density at radius 2 is 1.59 bits per heavy atom. The molecule has 0 bridgehead atoms. The molecule has 0 aliphatic rings. The highest BCUT2D eigenvalue weighted by molar-refractivity contribution is 5.33. The zero-order chi connectivity index (χ0) is 13.1. The molecule has 17 heavy (non-hydrogen) atoms. The minimum absolute atomic E-state index is 0.0137. The molecule has 0 saturated carbocycles. The number of rotatable bonds is 3. The van der Waals surface area contributed by atoms with Crippen LogP contribution < -0.4 is 10.6 Å². The van der Waals surface area contributed by atoms with E-state index < -0.39 is 0 Å². The topological polar surface area (TPSA) is 49.8 Å². The van der Waals surface area contributed by atoms with E-state index in [1.54, 1.807) is 6.20 Å². The lowest BCUT2D eigenvalue weighted by molar-refractivity contribution is 0.421. The van der Waals surface area contributed by atoms with Crippen molar-refractivity contribution >= 4 is 5.82 Å². The van der Waals surface area contributed by atoms with Crippen LogP contribution in [0.3, 0.4) is 0 Å². The monoisotopic (exact) mass is 236 g/mol. The van der Waals surface area contributed by atoms with E-state index >= 15 is 0 Å². The Labute approximate surface area is 104 Å². The molecule has 0 amide bonds. The van der Waals surface area contributed by atoms with Gasteiger partial charge in [0.25, 0.3) is 0 Å². The second-order valence-corrected chi connectivity index (χ2v) is 6.37. The summed E-state index contributed by atoms with van der Waals surface area (Å²) in [6.07, 6.45) is 3.59. The number of hydrogen-bond acceptors (Lipinski definition) is 4. The second kappa shape index (κ2) is 5.00. The number of hydrogen-bond donors (Lipinski definition) is 2. The molecule has 2 N–H and O–H groups in total. The molecular weight excluding hydrogens is 212 g/mol. The maximum atomic E-state index is 4.38. The number of aromatic nitrogens is 2. The van der Waals surface area contributed by atoms with Crippen LogP contribution in [0.2, 0.25) is 0 Å². The van der Waals surface area contributed by atoms with Crippen molar-refractivity contribution in [1.29, 1.82) is 0 Å². The van der Waals surface area contributed by atoms with Gasteiger partial charge in [-0.3, -0.25) is 4.98 Å². The van der Waals surface area contributed by atoms with Crippen molar-refractivity contribution in [3.63, 3.8) is 0 Å². The SMILES string of the molecule is CC(C)(C)NCc1cnc(NC(C)(C)C)cn1. The Bertz CT molecular complexity index is 343. The third-order valence-corrected chi connectivity index (χ3v) is 2.01. The lowest BCUT2D eigenvalue weighted by atomic mass is 10.1. The van der Waals surface area contributed by atoms with E-state index in [2.05, 4.69) is 62.1 Å². The molecule has 0 aliphatic carbocycles. The summed E-state index contributed by atoms with van der Waals surface area (Å²) < 4.78 is 0. The standard InChI is InChI=1S/C13H24N4/c1-12(2,3)16-8-10-7-15-11(9-14-10)17-13(4,5)6/h7,9,16H,8H2,1-6H3,(H,15,17). The predicted octanol–water partition coefficient (Wildman–Crippen LogP) is 2.58. The Morgan fingerprint density at radius 1 is 0.941 bits per heavy atom. The second-order valence-electron chi connectivity index (χ2n) is 6.37. The van der Waals surface area contributed by atoms with E-state index in [-0.39, 0.29) is 11.1 Å². The molecule has 0 fully saturated rings. The maximum Gasteiger partial charge on any atom is 0.144 e. The van der Waals surface area contributed by atoms with Gasteiger partial charge in [-0.05, 0) is 41.5 Å². The van der Waals surface area contributed by atoms with Crippen LogP contribution in [0, 0.1) is 0 Å². The molecule has 0 atom stereocenters. The fraction of sp³-hybridized carbons (Fsp3) is 0.692. The van der Waals surface area contributed by atoms with Gasteiger partial charge < -0.3 is 10.6 Å². The van der Waals surface area contributed by atoms with Gasteiger partial charge in [-0.15, -0.1) is 0 Å². The first-order valence-electron chi connectivity index (χ1n) is 6.00. The van der Waals surface area contributed by atoms with Crippen LogP contribution in [0.1, 0.15) is 47.2 Å².